The molecular formula is C23H18BrN5O3S. The molecule has 0 fully saturated rings. The van der Waals surface area contributed by atoms with Gasteiger partial charge in [0, 0.05) is 33.8 Å². The number of hydrogen-bond acceptors (Lipinski definition) is 7. The highest BCUT2D eigenvalue weighted by molar-refractivity contribution is 9.10. The van der Waals surface area contributed by atoms with Gasteiger partial charge in [0.2, 0.25) is 5.91 Å². The van der Waals surface area contributed by atoms with E-state index in [9.17, 15) is 9.59 Å². The molecule has 0 spiro atoms. The molecule has 10 heteroatoms. The number of carbonyl (C=O) groups is 2. The summed E-state index contributed by atoms with van der Waals surface area (Å²) in [6.07, 6.45) is 3.39. The minimum Gasteiger partial charge on any atom is -0.465 e. The Kier molecular flexibility index (Phi) is 7.16. The molecular weight excluding hydrogens is 506 g/mol. The first-order chi connectivity index (χ1) is 16.0. The molecule has 166 valence electrons. The molecule has 0 aliphatic rings. The van der Waals surface area contributed by atoms with Crippen molar-refractivity contribution in [3.05, 3.63) is 83.1 Å². The third-order valence-electron chi connectivity index (χ3n) is 4.58. The molecule has 4 rings (SSSR count). The standard InChI is InChI=1S/C23H18BrN5O3S/c1-32-22(31)16-2-6-18(7-3-16)26-20(30)14-33-23-28-27-21(15-10-12-25-13-11-15)29(23)19-8-4-17(24)5-9-19/h2-13H,14H2,1H3,(H,26,30). The Bertz CT molecular complexity index is 1260. The summed E-state index contributed by atoms with van der Waals surface area (Å²) in [4.78, 5) is 28.1. The maximum atomic E-state index is 12.5. The van der Waals surface area contributed by atoms with E-state index in [0.29, 0.717) is 22.2 Å². The van der Waals surface area contributed by atoms with Crippen LogP contribution in [-0.4, -0.2) is 44.5 Å². The predicted octanol–water partition coefficient (Wildman–Crippen LogP) is 4.61. The van der Waals surface area contributed by atoms with Crippen LogP contribution in [0.1, 0.15) is 10.4 Å². The summed E-state index contributed by atoms with van der Waals surface area (Å²) in [7, 11) is 1.32. The molecule has 0 saturated carbocycles. The molecule has 0 atom stereocenters. The van der Waals surface area contributed by atoms with Crippen molar-refractivity contribution >= 4 is 45.3 Å². The minimum absolute atomic E-state index is 0.129. The van der Waals surface area contributed by atoms with Crippen LogP contribution in [0.2, 0.25) is 0 Å². The monoisotopic (exact) mass is 523 g/mol. The van der Waals surface area contributed by atoms with Crippen molar-refractivity contribution in [3.63, 3.8) is 0 Å². The Morgan fingerprint density at radius 3 is 2.36 bits per heavy atom. The van der Waals surface area contributed by atoms with Gasteiger partial charge in [0.25, 0.3) is 0 Å². The number of amides is 1. The van der Waals surface area contributed by atoms with Gasteiger partial charge in [-0.3, -0.25) is 14.3 Å². The second kappa shape index (κ2) is 10.4. The van der Waals surface area contributed by atoms with Gasteiger partial charge in [-0.15, -0.1) is 10.2 Å². The Hall–Kier alpha value is -3.50. The van der Waals surface area contributed by atoms with Gasteiger partial charge in [-0.1, -0.05) is 27.7 Å². The van der Waals surface area contributed by atoms with Crippen molar-refractivity contribution in [1.82, 2.24) is 19.7 Å². The number of nitrogens with one attached hydrogen (secondary N) is 1. The summed E-state index contributed by atoms with van der Waals surface area (Å²) >= 11 is 4.73. The lowest BCUT2D eigenvalue weighted by molar-refractivity contribution is -0.113. The second-order valence-electron chi connectivity index (χ2n) is 6.76. The fraction of sp³-hybridized carbons (Fsp3) is 0.0870. The van der Waals surface area contributed by atoms with Gasteiger partial charge in [-0.05, 0) is 60.7 Å². The number of methoxy groups -OCH3 is 1. The zero-order chi connectivity index (χ0) is 23.2. The summed E-state index contributed by atoms with van der Waals surface area (Å²) < 4.78 is 7.54. The number of thioether (sulfide) groups is 1. The first kappa shape index (κ1) is 22.7. The highest BCUT2D eigenvalue weighted by atomic mass is 79.9. The van der Waals surface area contributed by atoms with Crippen LogP contribution in [0.4, 0.5) is 5.69 Å². The van der Waals surface area contributed by atoms with Crippen LogP contribution in [0.3, 0.4) is 0 Å². The number of carbonyl (C=O) groups excluding carboxylic acids is 2. The smallest absolute Gasteiger partial charge is 0.337 e. The van der Waals surface area contributed by atoms with Gasteiger partial charge in [0.15, 0.2) is 11.0 Å². The van der Waals surface area contributed by atoms with Crippen LogP contribution in [-0.2, 0) is 9.53 Å². The van der Waals surface area contributed by atoms with E-state index in [1.807, 2.05) is 41.0 Å². The summed E-state index contributed by atoms with van der Waals surface area (Å²) in [5.74, 6) is 0.146. The minimum atomic E-state index is -0.430. The first-order valence-electron chi connectivity index (χ1n) is 9.78. The molecule has 2 heterocycles. The lowest BCUT2D eigenvalue weighted by Crippen LogP contribution is -2.14. The number of halogens is 1. The van der Waals surface area contributed by atoms with Crippen molar-refractivity contribution in [2.75, 3.05) is 18.2 Å². The van der Waals surface area contributed by atoms with E-state index in [1.54, 1.807) is 36.7 Å². The van der Waals surface area contributed by atoms with Gasteiger partial charge >= 0.3 is 5.97 Å². The fourth-order valence-corrected chi connectivity index (χ4v) is 4.03. The molecule has 0 unspecified atom stereocenters. The topological polar surface area (TPSA) is 99.0 Å². The van der Waals surface area contributed by atoms with Crippen molar-refractivity contribution in [1.29, 1.82) is 0 Å². The Morgan fingerprint density at radius 2 is 1.70 bits per heavy atom. The van der Waals surface area contributed by atoms with Crippen LogP contribution in [0.25, 0.3) is 17.1 Å². The van der Waals surface area contributed by atoms with E-state index in [0.717, 1.165) is 15.7 Å². The van der Waals surface area contributed by atoms with Gasteiger partial charge in [-0.25, -0.2) is 4.79 Å². The number of esters is 1. The average Bonchev–Trinajstić information content (AvgIpc) is 3.28. The predicted molar refractivity (Wildman–Crippen MR) is 129 cm³/mol. The maximum absolute atomic E-state index is 12.5. The van der Waals surface area contributed by atoms with Crippen LogP contribution in [0, 0.1) is 0 Å². The lowest BCUT2D eigenvalue weighted by atomic mass is 10.2. The van der Waals surface area contributed by atoms with Crippen molar-refractivity contribution in [2.24, 2.45) is 0 Å². The highest BCUT2D eigenvalue weighted by Gasteiger charge is 2.17. The lowest BCUT2D eigenvalue weighted by Gasteiger charge is -2.11. The molecule has 4 aromatic rings. The van der Waals surface area contributed by atoms with Crippen molar-refractivity contribution in [2.45, 2.75) is 5.16 Å². The third kappa shape index (κ3) is 5.47. The van der Waals surface area contributed by atoms with E-state index < -0.39 is 5.97 Å². The van der Waals surface area contributed by atoms with E-state index in [1.165, 1.54) is 18.9 Å². The molecule has 0 aliphatic carbocycles. The number of aromatic nitrogens is 4. The van der Waals surface area contributed by atoms with Gasteiger partial charge in [0.05, 0.1) is 18.4 Å². The largest absolute Gasteiger partial charge is 0.465 e. The maximum Gasteiger partial charge on any atom is 0.337 e. The quantitative estimate of drug-likeness (QED) is 0.279. The number of rotatable bonds is 7. The molecule has 33 heavy (non-hydrogen) atoms. The number of benzene rings is 2. The van der Waals surface area contributed by atoms with Crippen molar-refractivity contribution < 1.29 is 14.3 Å². The number of nitrogens with zero attached hydrogens (tertiary/aromatic N) is 4. The highest BCUT2D eigenvalue weighted by Crippen LogP contribution is 2.28. The molecule has 2 aromatic heterocycles. The van der Waals surface area contributed by atoms with E-state index >= 15 is 0 Å². The zero-order valence-corrected chi connectivity index (χ0v) is 19.8. The second-order valence-corrected chi connectivity index (χ2v) is 8.62. The van der Waals surface area contributed by atoms with Gasteiger partial charge < -0.3 is 10.1 Å². The zero-order valence-electron chi connectivity index (χ0n) is 17.4. The molecule has 2 aromatic carbocycles. The number of ether oxygens (including phenoxy) is 1. The molecule has 1 amide bonds. The summed E-state index contributed by atoms with van der Waals surface area (Å²) in [6.45, 7) is 0. The van der Waals surface area contributed by atoms with E-state index in [2.05, 4.69) is 41.2 Å². The van der Waals surface area contributed by atoms with Crippen LogP contribution in [0.15, 0.2) is 82.7 Å². The molecule has 1 N–H and O–H groups in total. The van der Waals surface area contributed by atoms with Crippen LogP contribution >= 0.6 is 27.7 Å². The van der Waals surface area contributed by atoms with Gasteiger partial charge in [-0.2, -0.15) is 0 Å². The summed E-state index contributed by atoms with van der Waals surface area (Å²) in [5, 5.41) is 12.1. The van der Waals surface area contributed by atoms with E-state index in [-0.39, 0.29) is 11.7 Å². The number of hydrogen-bond donors (Lipinski definition) is 1. The average molecular weight is 524 g/mol. The normalized spacial score (nSPS) is 10.6. The molecule has 0 saturated heterocycles. The summed E-state index contributed by atoms with van der Waals surface area (Å²) in [6, 6.07) is 18.0. The molecule has 0 radical (unpaired) electrons. The Morgan fingerprint density at radius 1 is 1.00 bits per heavy atom. The molecule has 0 bridgehead atoms. The van der Waals surface area contributed by atoms with E-state index in [4.69, 9.17) is 0 Å². The Labute approximate surface area is 202 Å². The molecule has 0 aliphatic heterocycles. The number of pyridine rings is 1. The van der Waals surface area contributed by atoms with Crippen LogP contribution in [0.5, 0.6) is 0 Å². The summed E-state index contributed by atoms with van der Waals surface area (Å²) in [5.41, 5.74) is 2.73. The SMILES string of the molecule is COC(=O)c1ccc(NC(=O)CSc2nnc(-c3ccncc3)n2-c2ccc(Br)cc2)cc1. The fourth-order valence-electron chi connectivity index (χ4n) is 3.01. The Balaban J connectivity index is 1.52. The third-order valence-corrected chi connectivity index (χ3v) is 6.04. The molecule has 8 nitrogen and oxygen atoms in total. The van der Waals surface area contributed by atoms with Crippen LogP contribution < -0.4 is 5.32 Å². The van der Waals surface area contributed by atoms with Gasteiger partial charge in [0.1, 0.15) is 0 Å². The first-order valence-corrected chi connectivity index (χ1v) is 11.6. The number of anilines is 1. The van der Waals surface area contributed by atoms with Crippen molar-refractivity contribution in [3.8, 4) is 17.1 Å².